The molecule has 2 N–H and O–H groups in total. The Kier molecular flexibility index (Phi) is 4.36. The molecule has 3 aromatic rings. The van der Waals surface area contributed by atoms with Crippen LogP contribution in [0.3, 0.4) is 0 Å². The number of anilines is 1. The number of aromatic nitrogens is 1. The number of benzene rings is 2. The van der Waals surface area contributed by atoms with E-state index in [2.05, 4.69) is 40.3 Å². The van der Waals surface area contributed by atoms with E-state index >= 15 is 0 Å². The molecule has 2 heterocycles. The molecule has 0 bridgehead atoms. The summed E-state index contributed by atoms with van der Waals surface area (Å²) in [6, 6.07) is 11.9. The summed E-state index contributed by atoms with van der Waals surface area (Å²) in [5.74, 6) is -0.334. The summed E-state index contributed by atoms with van der Waals surface area (Å²) in [5.41, 5.74) is 3.82. The summed E-state index contributed by atoms with van der Waals surface area (Å²) < 4.78 is 14.1. The van der Waals surface area contributed by atoms with Crippen molar-refractivity contribution in [3.63, 3.8) is 0 Å². The third-order valence-electron chi connectivity index (χ3n) is 6.71. The number of halogens is 1. The Balaban J connectivity index is 1.40. The summed E-state index contributed by atoms with van der Waals surface area (Å²) in [4.78, 5) is 20.8. The second-order valence-electron chi connectivity index (χ2n) is 8.92. The summed E-state index contributed by atoms with van der Waals surface area (Å²) in [6.07, 6.45) is 3.47. The maximum absolute atomic E-state index is 14.1. The van der Waals surface area contributed by atoms with Crippen LogP contribution in [-0.4, -0.2) is 49.0 Å². The second kappa shape index (κ2) is 6.84. The highest BCUT2D eigenvalue weighted by Gasteiger charge is 2.47. The van der Waals surface area contributed by atoms with Gasteiger partial charge in [-0.05, 0) is 69.3 Å². The van der Waals surface area contributed by atoms with Crippen molar-refractivity contribution in [2.75, 3.05) is 32.1 Å². The summed E-state index contributed by atoms with van der Waals surface area (Å²) in [7, 11) is 4.20. The number of hydrogen-bond acceptors (Lipinski definition) is 3. The van der Waals surface area contributed by atoms with Crippen LogP contribution in [-0.2, 0) is 5.54 Å². The first-order chi connectivity index (χ1) is 14.4. The minimum Gasteiger partial charge on any atom is -0.368 e. The van der Waals surface area contributed by atoms with E-state index in [0.717, 1.165) is 48.1 Å². The highest BCUT2D eigenvalue weighted by atomic mass is 19.1. The SMILES string of the molecule is Cc1ccc(N2CC(N(C)C)C2)cc1C(=O)NC1(c2ccc(F)c3[nH]ccc23)CC1. The Morgan fingerprint density at radius 2 is 1.97 bits per heavy atom. The third-order valence-corrected chi connectivity index (χ3v) is 6.71. The van der Waals surface area contributed by atoms with E-state index in [1.54, 1.807) is 6.20 Å². The van der Waals surface area contributed by atoms with Gasteiger partial charge in [0, 0.05) is 42.0 Å². The average Bonchev–Trinajstić information content (AvgIpc) is 3.25. The fourth-order valence-corrected chi connectivity index (χ4v) is 4.45. The average molecular weight is 407 g/mol. The van der Waals surface area contributed by atoms with Crippen molar-refractivity contribution in [1.29, 1.82) is 0 Å². The van der Waals surface area contributed by atoms with E-state index in [1.165, 1.54) is 6.07 Å². The van der Waals surface area contributed by atoms with Gasteiger partial charge >= 0.3 is 0 Å². The van der Waals surface area contributed by atoms with Crippen molar-refractivity contribution in [1.82, 2.24) is 15.2 Å². The normalized spacial score (nSPS) is 18.0. The molecule has 2 aliphatic rings. The maximum Gasteiger partial charge on any atom is 0.252 e. The topological polar surface area (TPSA) is 51.4 Å². The quantitative estimate of drug-likeness (QED) is 0.678. The molecule has 1 aromatic heterocycles. The van der Waals surface area contributed by atoms with Gasteiger partial charge in [-0.3, -0.25) is 4.79 Å². The molecular formula is C24H27FN4O. The van der Waals surface area contributed by atoms with Crippen LogP contribution in [0.2, 0.25) is 0 Å². The Hall–Kier alpha value is -2.86. The van der Waals surface area contributed by atoms with Gasteiger partial charge in [-0.25, -0.2) is 4.39 Å². The molecule has 1 aliphatic heterocycles. The molecule has 2 fully saturated rings. The van der Waals surface area contributed by atoms with Crippen LogP contribution in [0.1, 0.15) is 34.3 Å². The summed E-state index contributed by atoms with van der Waals surface area (Å²) in [5, 5.41) is 4.11. The second-order valence-corrected chi connectivity index (χ2v) is 8.92. The Bertz CT molecular complexity index is 1130. The lowest BCUT2D eigenvalue weighted by molar-refractivity contribution is 0.0930. The zero-order valence-corrected chi connectivity index (χ0v) is 17.6. The zero-order valence-electron chi connectivity index (χ0n) is 17.6. The van der Waals surface area contributed by atoms with Crippen LogP contribution >= 0.6 is 0 Å². The minimum absolute atomic E-state index is 0.0652. The van der Waals surface area contributed by atoms with Crippen LogP contribution in [0.4, 0.5) is 10.1 Å². The van der Waals surface area contributed by atoms with Gasteiger partial charge in [-0.2, -0.15) is 0 Å². The summed E-state index contributed by atoms with van der Waals surface area (Å²) >= 11 is 0. The lowest BCUT2D eigenvalue weighted by Crippen LogP contribution is -2.57. The van der Waals surface area contributed by atoms with Crippen LogP contribution < -0.4 is 10.2 Å². The monoisotopic (exact) mass is 406 g/mol. The number of nitrogens with zero attached hydrogens (tertiary/aromatic N) is 2. The fraction of sp³-hybridized carbons (Fsp3) is 0.375. The predicted molar refractivity (Wildman–Crippen MR) is 118 cm³/mol. The number of hydrogen-bond donors (Lipinski definition) is 2. The molecule has 2 aromatic carbocycles. The van der Waals surface area contributed by atoms with Gasteiger partial charge in [0.1, 0.15) is 5.82 Å². The molecule has 5 nitrogen and oxygen atoms in total. The number of carbonyl (C=O) groups is 1. The van der Waals surface area contributed by atoms with Crippen molar-refractivity contribution >= 4 is 22.5 Å². The van der Waals surface area contributed by atoms with Gasteiger partial charge in [-0.1, -0.05) is 12.1 Å². The number of fused-ring (bicyclic) bond motifs is 1. The van der Waals surface area contributed by atoms with Crippen molar-refractivity contribution < 1.29 is 9.18 Å². The van der Waals surface area contributed by atoms with Gasteiger partial charge in [0.15, 0.2) is 0 Å². The van der Waals surface area contributed by atoms with Crippen molar-refractivity contribution in [3.8, 4) is 0 Å². The molecule has 1 amide bonds. The molecule has 5 rings (SSSR count). The molecule has 30 heavy (non-hydrogen) atoms. The van der Waals surface area contributed by atoms with E-state index in [4.69, 9.17) is 0 Å². The predicted octanol–water partition coefficient (Wildman–Crippen LogP) is 3.78. The maximum atomic E-state index is 14.1. The van der Waals surface area contributed by atoms with Gasteiger partial charge in [0.05, 0.1) is 11.1 Å². The number of carbonyl (C=O) groups excluding carboxylic acids is 1. The standard InChI is InChI=1S/C24H27FN4O/c1-15-4-5-16(29-13-17(14-29)28(2)3)12-19(15)23(30)27-24(9-10-24)20-6-7-21(25)22-18(20)8-11-26-22/h4-8,11-12,17,26H,9-10,13-14H2,1-3H3,(H,27,30). The van der Waals surface area contributed by atoms with E-state index < -0.39 is 5.54 Å². The Labute approximate surface area is 175 Å². The molecule has 0 atom stereocenters. The zero-order chi connectivity index (χ0) is 21.0. The smallest absolute Gasteiger partial charge is 0.252 e. The molecule has 0 radical (unpaired) electrons. The first kappa shape index (κ1) is 19.1. The highest BCUT2D eigenvalue weighted by Crippen LogP contribution is 2.48. The number of aryl methyl sites for hydroxylation is 1. The molecule has 1 saturated carbocycles. The Morgan fingerprint density at radius 1 is 1.20 bits per heavy atom. The van der Waals surface area contributed by atoms with E-state index in [1.807, 2.05) is 31.2 Å². The number of H-pyrrole nitrogens is 1. The van der Waals surface area contributed by atoms with Gasteiger partial charge in [-0.15, -0.1) is 0 Å². The van der Waals surface area contributed by atoms with Crippen molar-refractivity contribution in [2.24, 2.45) is 0 Å². The molecule has 0 spiro atoms. The number of amides is 1. The van der Waals surface area contributed by atoms with E-state index in [9.17, 15) is 9.18 Å². The molecule has 1 saturated heterocycles. The van der Waals surface area contributed by atoms with Crippen LogP contribution in [0.25, 0.3) is 10.9 Å². The molecule has 6 heteroatoms. The van der Waals surface area contributed by atoms with E-state index in [0.29, 0.717) is 17.1 Å². The van der Waals surface area contributed by atoms with Crippen molar-refractivity contribution in [3.05, 3.63) is 65.1 Å². The molecular weight excluding hydrogens is 379 g/mol. The van der Waals surface area contributed by atoms with Crippen LogP contribution in [0.5, 0.6) is 0 Å². The third kappa shape index (κ3) is 3.06. The highest BCUT2D eigenvalue weighted by molar-refractivity contribution is 5.98. The number of aromatic amines is 1. The molecule has 0 unspecified atom stereocenters. The van der Waals surface area contributed by atoms with Gasteiger partial charge in [0.25, 0.3) is 5.91 Å². The minimum atomic E-state index is -0.416. The Morgan fingerprint density at radius 3 is 2.67 bits per heavy atom. The molecule has 156 valence electrons. The first-order valence-electron chi connectivity index (χ1n) is 10.5. The van der Waals surface area contributed by atoms with Crippen LogP contribution in [0, 0.1) is 12.7 Å². The largest absolute Gasteiger partial charge is 0.368 e. The molecule has 1 aliphatic carbocycles. The lowest BCUT2D eigenvalue weighted by atomic mass is 9.98. The lowest BCUT2D eigenvalue weighted by Gasteiger charge is -2.44. The van der Waals surface area contributed by atoms with Crippen LogP contribution in [0.15, 0.2) is 42.6 Å². The van der Waals surface area contributed by atoms with Gasteiger partial charge < -0.3 is 20.1 Å². The summed E-state index contributed by atoms with van der Waals surface area (Å²) in [6.45, 7) is 3.92. The number of likely N-dealkylation sites (N-methyl/N-ethyl adjacent to an activating group) is 1. The van der Waals surface area contributed by atoms with E-state index in [-0.39, 0.29) is 11.7 Å². The first-order valence-corrected chi connectivity index (χ1v) is 10.5. The van der Waals surface area contributed by atoms with Crippen molar-refractivity contribution in [2.45, 2.75) is 31.3 Å². The number of nitrogens with one attached hydrogen (secondary N) is 2. The number of rotatable bonds is 5. The van der Waals surface area contributed by atoms with Gasteiger partial charge in [0.2, 0.25) is 0 Å². The fourth-order valence-electron chi connectivity index (χ4n) is 4.45.